The lowest BCUT2D eigenvalue weighted by molar-refractivity contribution is -0.123. The largest absolute Gasteiger partial charge is 0.465 e. The molecule has 160 valence electrons. The van der Waals surface area contributed by atoms with Crippen LogP contribution in [0.3, 0.4) is 0 Å². The molecule has 0 radical (unpaired) electrons. The summed E-state index contributed by atoms with van der Waals surface area (Å²) in [5.74, 6) is -0.512. The third kappa shape index (κ3) is 2.47. The molecule has 1 aromatic carbocycles. The SMILES string of the molecule is COC(=O)c1ccc(N2C(=O)[C@@H]3[C@H]4C[C@H]([C@@H]5Sc6[nH]c(=O)sc6[C@@H](C)[C@H]45)[C@@H]3C2=O)cc1. The molecule has 2 aliphatic carbocycles. The number of aromatic nitrogens is 1. The van der Waals surface area contributed by atoms with Crippen LogP contribution in [-0.2, 0) is 14.3 Å². The number of methoxy groups -OCH3 is 1. The summed E-state index contributed by atoms with van der Waals surface area (Å²) in [7, 11) is 1.31. The van der Waals surface area contributed by atoms with Gasteiger partial charge in [-0.3, -0.25) is 19.3 Å². The Morgan fingerprint density at radius 3 is 2.45 bits per heavy atom. The highest BCUT2D eigenvalue weighted by Gasteiger charge is 2.69. The maximum atomic E-state index is 13.4. The van der Waals surface area contributed by atoms with Crippen molar-refractivity contribution in [3.63, 3.8) is 0 Å². The van der Waals surface area contributed by atoms with E-state index in [9.17, 15) is 19.2 Å². The molecule has 0 unspecified atom stereocenters. The van der Waals surface area contributed by atoms with Crippen LogP contribution in [-0.4, -0.2) is 35.1 Å². The van der Waals surface area contributed by atoms with Crippen molar-refractivity contribution < 1.29 is 19.1 Å². The van der Waals surface area contributed by atoms with Crippen molar-refractivity contribution in [2.24, 2.45) is 29.6 Å². The van der Waals surface area contributed by atoms with Gasteiger partial charge in [0.15, 0.2) is 0 Å². The Bertz CT molecular complexity index is 1190. The van der Waals surface area contributed by atoms with Crippen LogP contribution in [0.1, 0.15) is 34.5 Å². The molecule has 2 bridgehead atoms. The number of rotatable bonds is 2. The number of fused-ring (bicyclic) bond motifs is 9. The molecule has 2 aromatic rings. The van der Waals surface area contributed by atoms with E-state index in [0.717, 1.165) is 16.3 Å². The summed E-state index contributed by atoms with van der Waals surface area (Å²) in [6.45, 7) is 2.15. The highest BCUT2D eigenvalue weighted by Crippen LogP contribution is 2.67. The van der Waals surface area contributed by atoms with Crippen LogP contribution in [0.5, 0.6) is 0 Å². The molecular formula is C22H20N2O5S2. The van der Waals surface area contributed by atoms with Gasteiger partial charge in [0.1, 0.15) is 0 Å². The minimum atomic E-state index is -0.457. The third-order valence-electron chi connectivity index (χ3n) is 7.59. The second kappa shape index (κ2) is 6.56. The van der Waals surface area contributed by atoms with Crippen molar-refractivity contribution in [3.8, 4) is 0 Å². The summed E-state index contributed by atoms with van der Waals surface area (Å²) >= 11 is 2.97. The van der Waals surface area contributed by atoms with Gasteiger partial charge in [-0.2, -0.15) is 0 Å². The highest BCUT2D eigenvalue weighted by atomic mass is 32.2. The van der Waals surface area contributed by atoms with E-state index in [2.05, 4.69) is 11.9 Å². The molecule has 1 N–H and O–H groups in total. The number of benzene rings is 1. The number of thioether (sulfide) groups is 1. The van der Waals surface area contributed by atoms with Crippen molar-refractivity contribution in [1.82, 2.24) is 4.98 Å². The molecule has 31 heavy (non-hydrogen) atoms. The zero-order valence-corrected chi connectivity index (χ0v) is 18.5. The minimum absolute atomic E-state index is 0.0365. The summed E-state index contributed by atoms with van der Waals surface area (Å²) in [6, 6.07) is 6.43. The Labute approximate surface area is 186 Å². The zero-order valence-electron chi connectivity index (χ0n) is 16.9. The molecular weight excluding hydrogens is 436 g/mol. The van der Waals surface area contributed by atoms with E-state index < -0.39 is 5.97 Å². The lowest BCUT2D eigenvalue weighted by atomic mass is 9.70. The molecule has 3 fully saturated rings. The number of nitrogens with zero attached hydrogens (tertiary/aromatic N) is 1. The first-order valence-electron chi connectivity index (χ1n) is 10.4. The number of ether oxygens (including phenoxy) is 1. The Balaban J connectivity index is 1.33. The van der Waals surface area contributed by atoms with Crippen LogP contribution in [0.2, 0.25) is 0 Å². The van der Waals surface area contributed by atoms with Gasteiger partial charge in [0, 0.05) is 10.1 Å². The predicted octanol–water partition coefficient (Wildman–Crippen LogP) is 2.87. The third-order valence-corrected chi connectivity index (χ3v) is 10.3. The summed E-state index contributed by atoms with van der Waals surface area (Å²) in [6.07, 6.45) is 0.897. The number of aromatic amines is 1. The summed E-state index contributed by atoms with van der Waals surface area (Å²) < 4.78 is 4.72. The predicted molar refractivity (Wildman–Crippen MR) is 115 cm³/mol. The fourth-order valence-electron chi connectivity index (χ4n) is 6.45. The molecule has 4 aliphatic rings. The van der Waals surface area contributed by atoms with Gasteiger partial charge in [-0.15, -0.1) is 11.8 Å². The maximum Gasteiger partial charge on any atom is 0.337 e. The van der Waals surface area contributed by atoms with Crippen LogP contribution < -0.4 is 9.77 Å². The number of imide groups is 1. The van der Waals surface area contributed by atoms with Gasteiger partial charge in [0.25, 0.3) is 0 Å². The monoisotopic (exact) mass is 456 g/mol. The van der Waals surface area contributed by atoms with E-state index >= 15 is 0 Å². The molecule has 2 saturated carbocycles. The fourth-order valence-corrected chi connectivity index (χ4v) is 9.40. The molecule has 1 aromatic heterocycles. The van der Waals surface area contributed by atoms with E-state index in [1.165, 1.54) is 23.3 Å². The van der Waals surface area contributed by atoms with E-state index in [0.29, 0.717) is 17.2 Å². The molecule has 7 atom stereocenters. The van der Waals surface area contributed by atoms with Gasteiger partial charge in [-0.05, 0) is 54.4 Å². The lowest BCUT2D eigenvalue weighted by Crippen LogP contribution is -2.41. The Morgan fingerprint density at radius 1 is 1.10 bits per heavy atom. The van der Waals surface area contributed by atoms with Crippen LogP contribution in [0.15, 0.2) is 34.1 Å². The van der Waals surface area contributed by atoms with Crippen molar-refractivity contribution >= 4 is 46.6 Å². The molecule has 0 spiro atoms. The molecule has 6 rings (SSSR count). The first kappa shape index (κ1) is 19.3. The second-order valence-electron chi connectivity index (χ2n) is 8.82. The smallest absolute Gasteiger partial charge is 0.337 e. The first-order valence-corrected chi connectivity index (χ1v) is 12.1. The average Bonchev–Trinajstić information content (AvgIpc) is 3.49. The molecule has 2 amide bonds. The first-order chi connectivity index (χ1) is 14.9. The fraction of sp³-hybridized carbons (Fsp3) is 0.455. The van der Waals surface area contributed by atoms with E-state index in [1.807, 2.05) is 0 Å². The number of thiazole rings is 1. The number of nitrogens with one attached hydrogen (secondary N) is 1. The number of carbonyl (C=O) groups is 3. The highest BCUT2D eigenvalue weighted by molar-refractivity contribution is 8.00. The van der Waals surface area contributed by atoms with E-state index in [4.69, 9.17) is 4.74 Å². The number of carbonyl (C=O) groups excluding carboxylic acids is 3. The van der Waals surface area contributed by atoms with Crippen molar-refractivity contribution in [2.75, 3.05) is 12.0 Å². The average molecular weight is 457 g/mol. The lowest BCUT2D eigenvalue weighted by Gasteiger charge is -2.41. The van der Waals surface area contributed by atoms with Crippen LogP contribution in [0, 0.1) is 29.6 Å². The van der Waals surface area contributed by atoms with Gasteiger partial charge in [0.05, 0.1) is 35.2 Å². The Morgan fingerprint density at radius 2 is 1.77 bits per heavy atom. The van der Waals surface area contributed by atoms with Crippen LogP contribution in [0.4, 0.5) is 5.69 Å². The van der Waals surface area contributed by atoms with Gasteiger partial charge >= 0.3 is 10.8 Å². The number of esters is 1. The number of hydrogen-bond donors (Lipinski definition) is 1. The van der Waals surface area contributed by atoms with Crippen molar-refractivity contribution in [2.45, 2.75) is 29.5 Å². The zero-order chi connectivity index (χ0) is 21.6. The molecule has 9 heteroatoms. The number of hydrogen-bond acceptors (Lipinski definition) is 7. The number of amides is 2. The van der Waals surface area contributed by atoms with Crippen molar-refractivity contribution in [3.05, 3.63) is 44.4 Å². The Hall–Kier alpha value is -2.39. The number of anilines is 1. The van der Waals surface area contributed by atoms with Gasteiger partial charge in [0.2, 0.25) is 11.8 Å². The summed E-state index contributed by atoms with van der Waals surface area (Å²) in [4.78, 5) is 55.8. The second-order valence-corrected chi connectivity index (χ2v) is 11.0. The van der Waals surface area contributed by atoms with Gasteiger partial charge in [-0.25, -0.2) is 4.79 Å². The van der Waals surface area contributed by atoms with Crippen LogP contribution in [0.25, 0.3) is 0 Å². The maximum absolute atomic E-state index is 13.4. The van der Waals surface area contributed by atoms with Crippen LogP contribution >= 0.6 is 23.1 Å². The number of H-pyrrole nitrogens is 1. The summed E-state index contributed by atoms with van der Waals surface area (Å²) in [5.41, 5.74) is 0.880. The van der Waals surface area contributed by atoms with Gasteiger partial charge in [-0.1, -0.05) is 18.3 Å². The van der Waals surface area contributed by atoms with Crippen molar-refractivity contribution in [1.29, 1.82) is 0 Å². The van der Waals surface area contributed by atoms with Gasteiger partial charge < -0.3 is 9.72 Å². The standard InChI is InChI=1S/C22H20N2O5S2/c1-8-13-11-7-12(17(13)30-18-16(8)31-22(28)23-18)15-14(11)19(25)24(20(15)26)10-5-3-9(4-6-10)21(27)29-2/h3-6,8,11-15,17H,7H2,1-2H3,(H,23,28)/t8-,11-,12-,13+,14+,15-,17-/m0/s1. The molecule has 2 aliphatic heterocycles. The topological polar surface area (TPSA) is 96.5 Å². The molecule has 3 heterocycles. The molecule has 7 nitrogen and oxygen atoms in total. The van der Waals surface area contributed by atoms with E-state index in [-0.39, 0.29) is 51.5 Å². The summed E-state index contributed by atoms with van der Waals surface area (Å²) in [5, 5.41) is 1.19. The minimum Gasteiger partial charge on any atom is -0.465 e. The molecule has 1 saturated heterocycles. The van der Waals surface area contributed by atoms with E-state index in [1.54, 1.807) is 36.0 Å². The normalized spacial score (nSPS) is 35.2. The Kier molecular flexibility index (Phi) is 4.08. The quantitative estimate of drug-likeness (QED) is 0.551.